The number of nitrogens with zero attached hydrogens (tertiary/aromatic N) is 1. The molecule has 0 saturated heterocycles. The zero-order valence-electron chi connectivity index (χ0n) is 17.7. The van der Waals surface area contributed by atoms with Gasteiger partial charge in [-0.2, -0.15) is 13.2 Å². The lowest BCUT2D eigenvalue weighted by molar-refractivity contribution is -0.138. The molecule has 7 heteroatoms. The van der Waals surface area contributed by atoms with Crippen molar-refractivity contribution in [1.82, 2.24) is 4.57 Å². The summed E-state index contributed by atoms with van der Waals surface area (Å²) in [5, 5.41) is 0.529. The van der Waals surface area contributed by atoms with Crippen LogP contribution in [0.4, 0.5) is 13.2 Å². The summed E-state index contributed by atoms with van der Waals surface area (Å²) in [6.45, 7) is 2.17. The maximum atomic E-state index is 12.9. The molecule has 0 aliphatic rings. The molecular weight excluding hydrogens is 431 g/mol. The van der Waals surface area contributed by atoms with Gasteiger partial charge in [0, 0.05) is 23.6 Å². The third-order valence-corrected chi connectivity index (χ3v) is 5.33. The van der Waals surface area contributed by atoms with E-state index in [-0.39, 0.29) is 12.2 Å². The highest BCUT2D eigenvalue weighted by Gasteiger charge is 2.30. The molecule has 4 aromatic rings. The number of fused-ring (bicyclic) bond motifs is 1. The minimum Gasteiger partial charge on any atom is -0.460 e. The van der Waals surface area contributed by atoms with Crippen molar-refractivity contribution in [2.24, 2.45) is 0 Å². The van der Waals surface area contributed by atoms with Gasteiger partial charge in [-0.1, -0.05) is 48.5 Å². The molecule has 0 radical (unpaired) electrons. The second kappa shape index (κ2) is 8.94. The Bertz CT molecular complexity index is 1310. The molecule has 1 aromatic heterocycles. The fourth-order valence-corrected chi connectivity index (χ4v) is 3.73. The van der Waals surface area contributed by atoms with Crippen molar-refractivity contribution < 1.29 is 27.5 Å². The number of ether oxygens (including phenoxy) is 1. The molecule has 0 fully saturated rings. The molecule has 0 spiro atoms. The number of hydrogen-bond acceptors (Lipinski definition) is 3. The van der Waals surface area contributed by atoms with Crippen LogP contribution in [0.15, 0.2) is 79.0 Å². The quantitative estimate of drug-likeness (QED) is 0.202. The Hall–Kier alpha value is -3.87. The Kier molecular flexibility index (Phi) is 6.05. The van der Waals surface area contributed by atoms with Crippen molar-refractivity contribution in [1.29, 1.82) is 0 Å². The number of rotatable bonds is 6. The van der Waals surface area contributed by atoms with Gasteiger partial charge in [-0.3, -0.25) is 4.79 Å². The minimum atomic E-state index is -4.42. The SMILES string of the molecule is CCOC(=O)C(=O)c1cn(Cc2ccccc2)c2ccc(-c3ccc(C(F)(F)F)cc3)cc12. The first-order valence-electron chi connectivity index (χ1n) is 10.3. The molecule has 0 amide bonds. The molecule has 3 aromatic carbocycles. The van der Waals surface area contributed by atoms with E-state index in [0.29, 0.717) is 23.1 Å². The van der Waals surface area contributed by atoms with Crippen LogP contribution in [0.1, 0.15) is 28.4 Å². The van der Waals surface area contributed by atoms with E-state index in [9.17, 15) is 22.8 Å². The highest BCUT2D eigenvalue weighted by atomic mass is 19.4. The van der Waals surface area contributed by atoms with Crippen LogP contribution in [0.2, 0.25) is 0 Å². The molecule has 0 aliphatic heterocycles. The number of aromatic nitrogens is 1. The first-order chi connectivity index (χ1) is 15.8. The summed E-state index contributed by atoms with van der Waals surface area (Å²) in [5.41, 5.74) is 2.38. The van der Waals surface area contributed by atoms with Gasteiger partial charge in [0.1, 0.15) is 0 Å². The number of Topliss-reactive ketones (excluding diaryl/α,β-unsaturated/α-hetero) is 1. The van der Waals surface area contributed by atoms with Crippen LogP contribution in [-0.4, -0.2) is 22.9 Å². The number of ketones is 1. The first-order valence-corrected chi connectivity index (χ1v) is 10.3. The fourth-order valence-electron chi connectivity index (χ4n) is 3.73. The third kappa shape index (κ3) is 4.67. The molecule has 0 N–H and O–H groups in total. The summed E-state index contributed by atoms with van der Waals surface area (Å²) in [5.74, 6) is -1.71. The predicted octanol–water partition coefficient (Wildman–Crippen LogP) is 6.12. The number of carbonyl (C=O) groups excluding carboxylic acids is 2. The highest BCUT2D eigenvalue weighted by molar-refractivity contribution is 6.43. The van der Waals surface area contributed by atoms with Gasteiger partial charge < -0.3 is 9.30 Å². The lowest BCUT2D eigenvalue weighted by Gasteiger charge is -2.09. The van der Waals surface area contributed by atoms with Gasteiger partial charge >= 0.3 is 12.1 Å². The van der Waals surface area contributed by atoms with Crippen molar-refractivity contribution >= 4 is 22.7 Å². The lowest BCUT2D eigenvalue weighted by Crippen LogP contribution is -2.17. The molecule has 4 rings (SSSR count). The van der Waals surface area contributed by atoms with Crippen LogP contribution >= 0.6 is 0 Å². The Morgan fingerprint density at radius 2 is 1.58 bits per heavy atom. The monoisotopic (exact) mass is 451 g/mol. The van der Waals surface area contributed by atoms with Crippen molar-refractivity contribution in [3.63, 3.8) is 0 Å². The Labute approximate surface area is 188 Å². The van der Waals surface area contributed by atoms with Crippen LogP contribution < -0.4 is 0 Å². The summed E-state index contributed by atoms with van der Waals surface area (Å²) in [6.07, 6.45) is -2.80. The van der Waals surface area contributed by atoms with Gasteiger partial charge in [-0.05, 0) is 47.9 Å². The maximum absolute atomic E-state index is 12.9. The number of carbonyl (C=O) groups is 2. The zero-order valence-corrected chi connectivity index (χ0v) is 17.7. The summed E-state index contributed by atoms with van der Waals surface area (Å²) in [6, 6.07) is 19.7. The van der Waals surface area contributed by atoms with E-state index in [1.165, 1.54) is 12.1 Å². The van der Waals surface area contributed by atoms with E-state index < -0.39 is 23.5 Å². The van der Waals surface area contributed by atoms with Crippen LogP contribution in [0.5, 0.6) is 0 Å². The summed E-state index contributed by atoms with van der Waals surface area (Å²) in [7, 11) is 0. The van der Waals surface area contributed by atoms with Crippen molar-refractivity contribution in [2.45, 2.75) is 19.6 Å². The zero-order chi connectivity index (χ0) is 23.6. The molecule has 4 nitrogen and oxygen atoms in total. The summed E-state index contributed by atoms with van der Waals surface area (Å²) in [4.78, 5) is 25.0. The molecule has 168 valence electrons. The second-order valence-corrected chi connectivity index (χ2v) is 7.51. The Balaban J connectivity index is 1.80. The molecule has 0 saturated carbocycles. The van der Waals surface area contributed by atoms with E-state index in [2.05, 4.69) is 0 Å². The van der Waals surface area contributed by atoms with Crippen LogP contribution in [-0.2, 0) is 22.3 Å². The van der Waals surface area contributed by atoms with Gasteiger partial charge in [0.2, 0.25) is 0 Å². The average Bonchev–Trinajstić information content (AvgIpc) is 3.16. The number of hydrogen-bond donors (Lipinski definition) is 0. The lowest BCUT2D eigenvalue weighted by atomic mass is 10.0. The summed E-state index contributed by atoms with van der Waals surface area (Å²) >= 11 is 0. The van der Waals surface area contributed by atoms with Gasteiger partial charge in [0.15, 0.2) is 0 Å². The van der Waals surface area contributed by atoms with Gasteiger partial charge in [0.25, 0.3) is 5.78 Å². The molecule has 0 atom stereocenters. The molecule has 0 bridgehead atoms. The Morgan fingerprint density at radius 3 is 2.21 bits per heavy atom. The maximum Gasteiger partial charge on any atom is 0.416 e. The van der Waals surface area contributed by atoms with Crippen LogP contribution in [0.25, 0.3) is 22.0 Å². The summed E-state index contributed by atoms with van der Waals surface area (Å²) < 4.78 is 45.5. The van der Waals surface area contributed by atoms with Crippen molar-refractivity contribution in [2.75, 3.05) is 6.61 Å². The van der Waals surface area contributed by atoms with Gasteiger partial charge in [0.05, 0.1) is 17.7 Å². The largest absolute Gasteiger partial charge is 0.460 e. The van der Waals surface area contributed by atoms with Gasteiger partial charge in [-0.15, -0.1) is 0 Å². The van der Waals surface area contributed by atoms with Gasteiger partial charge in [-0.25, -0.2) is 4.79 Å². The van der Waals surface area contributed by atoms with E-state index in [1.54, 1.807) is 31.3 Å². The standard InChI is InChI=1S/C26H20F3NO3/c1-2-33-25(32)24(31)22-16-30(15-17-6-4-3-5-7-17)23-13-10-19(14-21(22)23)18-8-11-20(12-9-18)26(27,28)29/h3-14,16H,2,15H2,1H3. The van der Waals surface area contributed by atoms with Crippen LogP contribution in [0, 0.1) is 0 Å². The molecule has 0 aliphatic carbocycles. The van der Waals surface area contributed by atoms with E-state index in [0.717, 1.165) is 23.2 Å². The fraction of sp³-hybridized carbons (Fsp3) is 0.154. The number of esters is 1. The first kappa shape index (κ1) is 22.3. The third-order valence-electron chi connectivity index (χ3n) is 5.33. The highest BCUT2D eigenvalue weighted by Crippen LogP contribution is 2.33. The van der Waals surface area contributed by atoms with E-state index in [4.69, 9.17) is 4.74 Å². The number of benzene rings is 3. The smallest absolute Gasteiger partial charge is 0.416 e. The molecule has 33 heavy (non-hydrogen) atoms. The van der Waals surface area contributed by atoms with E-state index in [1.807, 2.05) is 34.9 Å². The second-order valence-electron chi connectivity index (χ2n) is 7.51. The molecule has 1 heterocycles. The predicted molar refractivity (Wildman–Crippen MR) is 119 cm³/mol. The average molecular weight is 451 g/mol. The topological polar surface area (TPSA) is 48.3 Å². The molecular formula is C26H20F3NO3. The number of alkyl halides is 3. The number of halogens is 3. The Morgan fingerprint density at radius 1 is 0.909 bits per heavy atom. The van der Waals surface area contributed by atoms with Crippen LogP contribution in [0.3, 0.4) is 0 Å². The van der Waals surface area contributed by atoms with Crippen molar-refractivity contribution in [3.05, 3.63) is 95.7 Å². The minimum absolute atomic E-state index is 0.0734. The van der Waals surface area contributed by atoms with E-state index >= 15 is 0 Å². The van der Waals surface area contributed by atoms with Crippen molar-refractivity contribution in [3.8, 4) is 11.1 Å². The normalized spacial score (nSPS) is 11.5. The molecule has 0 unspecified atom stereocenters.